The summed E-state index contributed by atoms with van der Waals surface area (Å²) in [4.78, 5) is 29.7. The van der Waals surface area contributed by atoms with Crippen molar-refractivity contribution < 1.29 is 27.5 Å². The number of hydrogen-bond donors (Lipinski definition) is 1. The second-order valence-electron chi connectivity index (χ2n) is 10.2. The second-order valence-corrected chi connectivity index (χ2v) is 12.2. The third-order valence-corrected chi connectivity index (χ3v) is 9.34. The topological polar surface area (TPSA) is 120 Å². The van der Waals surface area contributed by atoms with Crippen LogP contribution in [-0.2, 0) is 54.9 Å². The summed E-state index contributed by atoms with van der Waals surface area (Å²) in [5.74, 6) is -0.187. The Morgan fingerprint density at radius 1 is 1.07 bits per heavy atom. The minimum atomic E-state index is -3.65. The normalized spacial score (nSPS) is 15.7. The van der Waals surface area contributed by atoms with Gasteiger partial charge >= 0.3 is 5.97 Å². The van der Waals surface area contributed by atoms with Crippen molar-refractivity contribution in [1.82, 2.24) is 13.9 Å². The number of rotatable bonds is 11. The first kappa shape index (κ1) is 28.3. The smallest absolute Gasteiger partial charge is 0.306 e. The average molecular weight is 569 g/mol. The molecule has 1 saturated heterocycles. The van der Waals surface area contributed by atoms with Gasteiger partial charge in [0.05, 0.1) is 35.6 Å². The highest BCUT2D eigenvalue weighted by Gasteiger charge is 2.27. The van der Waals surface area contributed by atoms with E-state index in [0.717, 1.165) is 37.6 Å². The zero-order valence-electron chi connectivity index (χ0n) is 22.9. The van der Waals surface area contributed by atoms with Gasteiger partial charge in [0.1, 0.15) is 5.82 Å². The van der Waals surface area contributed by atoms with E-state index in [0.29, 0.717) is 56.3 Å². The molecule has 5 rings (SSSR count). The zero-order valence-corrected chi connectivity index (χ0v) is 23.7. The maximum atomic E-state index is 13.1. The summed E-state index contributed by atoms with van der Waals surface area (Å²) >= 11 is 0. The van der Waals surface area contributed by atoms with Gasteiger partial charge in [-0.05, 0) is 67.1 Å². The summed E-state index contributed by atoms with van der Waals surface area (Å²) in [5.41, 5.74) is 4.69. The Morgan fingerprint density at radius 3 is 2.67 bits per heavy atom. The van der Waals surface area contributed by atoms with E-state index in [-0.39, 0.29) is 23.8 Å². The van der Waals surface area contributed by atoms with Crippen molar-refractivity contribution in [1.29, 1.82) is 0 Å². The number of morpholine rings is 1. The van der Waals surface area contributed by atoms with Crippen LogP contribution in [-0.4, -0.2) is 67.1 Å². The first-order chi connectivity index (χ1) is 19.3. The Kier molecular flexibility index (Phi) is 8.82. The molecule has 1 fully saturated rings. The van der Waals surface area contributed by atoms with Crippen molar-refractivity contribution in [2.75, 3.05) is 38.2 Å². The number of imidazole rings is 1. The molecule has 0 saturated carbocycles. The first-order valence-electron chi connectivity index (χ1n) is 14.0. The van der Waals surface area contributed by atoms with E-state index < -0.39 is 16.0 Å². The van der Waals surface area contributed by atoms with Crippen LogP contribution in [0.1, 0.15) is 49.6 Å². The van der Waals surface area contributed by atoms with Crippen LogP contribution < -0.4 is 5.32 Å². The van der Waals surface area contributed by atoms with Gasteiger partial charge in [0.2, 0.25) is 10.0 Å². The summed E-state index contributed by atoms with van der Waals surface area (Å²) in [7, 11) is -3.65. The van der Waals surface area contributed by atoms with Crippen LogP contribution in [0.4, 0.5) is 5.69 Å². The molecule has 1 aliphatic carbocycles. The molecule has 0 spiro atoms. The summed E-state index contributed by atoms with van der Waals surface area (Å²) in [6, 6.07) is 10.9. The van der Waals surface area contributed by atoms with Crippen molar-refractivity contribution >= 4 is 38.6 Å². The lowest BCUT2D eigenvalue weighted by molar-refractivity contribution is -0.147. The van der Waals surface area contributed by atoms with Crippen LogP contribution in [0.5, 0.6) is 0 Å². The maximum Gasteiger partial charge on any atom is 0.306 e. The number of benzene rings is 2. The predicted octanol–water partition coefficient (Wildman–Crippen LogP) is 3.46. The molecule has 1 N–H and O–H groups in total. The van der Waals surface area contributed by atoms with Gasteiger partial charge in [-0.15, -0.1) is 0 Å². The summed E-state index contributed by atoms with van der Waals surface area (Å²) in [6.07, 6.45) is 5.48. The number of fused-ring (bicyclic) bond motifs is 2. The Hall–Kier alpha value is -3.28. The number of unbranched alkanes of at least 4 members (excludes halogenated alkanes) is 1. The molecule has 3 aromatic rings. The van der Waals surface area contributed by atoms with Crippen LogP contribution in [0.3, 0.4) is 0 Å². The lowest BCUT2D eigenvalue weighted by Crippen LogP contribution is -2.40. The first-order valence-corrected chi connectivity index (χ1v) is 15.4. The molecule has 0 atom stereocenters. The van der Waals surface area contributed by atoms with E-state index in [1.54, 1.807) is 18.2 Å². The van der Waals surface area contributed by atoms with Gasteiger partial charge in [-0.2, -0.15) is 4.31 Å². The molecular weight excluding hydrogens is 532 g/mol. The number of aryl methyl sites for hydroxylation is 4. The van der Waals surface area contributed by atoms with E-state index in [1.807, 2.05) is 22.8 Å². The number of sulfonamides is 1. The average Bonchev–Trinajstić information content (AvgIpc) is 3.57. The summed E-state index contributed by atoms with van der Waals surface area (Å²) in [5, 5.41) is 2.80. The lowest BCUT2D eigenvalue weighted by Gasteiger charge is -2.26. The molecule has 10 nitrogen and oxygen atoms in total. The zero-order chi connectivity index (χ0) is 28.1. The molecule has 0 unspecified atom stereocenters. The van der Waals surface area contributed by atoms with Gasteiger partial charge in [0.15, 0.2) is 6.61 Å². The highest BCUT2D eigenvalue weighted by atomic mass is 32.2. The Morgan fingerprint density at radius 2 is 1.88 bits per heavy atom. The van der Waals surface area contributed by atoms with E-state index in [1.165, 1.54) is 15.4 Å². The van der Waals surface area contributed by atoms with Gasteiger partial charge in [0.25, 0.3) is 5.91 Å². The molecule has 0 bridgehead atoms. The van der Waals surface area contributed by atoms with Crippen LogP contribution in [0.2, 0.25) is 0 Å². The molecule has 40 heavy (non-hydrogen) atoms. The van der Waals surface area contributed by atoms with E-state index in [9.17, 15) is 18.0 Å². The fourth-order valence-corrected chi connectivity index (χ4v) is 6.72. The Bertz CT molecular complexity index is 1490. The number of ether oxygens (including phenoxy) is 2. The molecule has 11 heteroatoms. The molecule has 1 aromatic heterocycles. The molecular formula is C29H36N4O6S. The highest BCUT2D eigenvalue weighted by Crippen LogP contribution is 2.26. The molecule has 1 amide bonds. The molecule has 2 aromatic carbocycles. The maximum absolute atomic E-state index is 13.1. The van der Waals surface area contributed by atoms with Crippen LogP contribution in [0.25, 0.3) is 11.0 Å². The fraction of sp³-hybridized carbons (Fsp3) is 0.483. The minimum Gasteiger partial charge on any atom is -0.456 e. The Labute approximate surface area is 234 Å². The number of nitrogens with one attached hydrogen (secondary N) is 1. The van der Waals surface area contributed by atoms with Gasteiger partial charge in [-0.25, -0.2) is 13.4 Å². The number of esters is 1. The van der Waals surface area contributed by atoms with Crippen molar-refractivity contribution in [3.8, 4) is 0 Å². The quantitative estimate of drug-likeness (QED) is 0.352. The van der Waals surface area contributed by atoms with E-state index in [4.69, 9.17) is 14.5 Å². The van der Waals surface area contributed by atoms with Gasteiger partial charge < -0.3 is 19.4 Å². The third kappa shape index (κ3) is 6.37. The highest BCUT2D eigenvalue weighted by molar-refractivity contribution is 7.89. The van der Waals surface area contributed by atoms with Crippen molar-refractivity contribution in [2.45, 2.75) is 63.3 Å². The number of nitrogens with zero attached hydrogens (tertiary/aromatic N) is 3. The number of carbonyl (C=O) groups excluding carboxylic acids is 2. The SMILES string of the molecule is CCCCn1c(CCC(=O)OCC(=O)Nc2ccc3c(c2)CCC3)nc2cc(S(=O)(=O)N3CCOCC3)ccc21. The third-order valence-electron chi connectivity index (χ3n) is 7.44. The second kappa shape index (κ2) is 12.5. The van der Waals surface area contributed by atoms with Gasteiger partial charge in [0, 0.05) is 31.7 Å². The van der Waals surface area contributed by atoms with Gasteiger partial charge in [-0.3, -0.25) is 9.59 Å². The van der Waals surface area contributed by atoms with Crippen molar-refractivity contribution in [3.63, 3.8) is 0 Å². The van der Waals surface area contributed by atoms with Crippen LogP contribution in [0, 0.1) is 0 Å². The Balaban J connectivity index is 1.22. The monoisotopic (exact) mass is 568 g/mol. The van der Waals surface area contributed by atoms with Crippen molar-refractivity contribution in [3.05, 3.63) is 53.3 Å². The van der Waals surface area contributed by atoms with E-state index in [2.05, 4.69) is 12.2 Å². The van der Waals surface area contributed by atoms with Gasteiger partial charge in [-0.1, -0.05) is 19.4 Å². The number of anilines is 1. The predicted molar refractivity (Wildman–Crippen MR) is 151 cm³/mol. The molecule has 214 valence electrons. The van der Waals surface area contributed by atoms with Crippen molar-refractivity contribution in [2.24, 2.45) is 0 Å². The summed E-state index contributed by atoms with van der Waals surface area (Å²) < 4.78 is 40.3. The number of aromatic nitrogens is 2. The number of amides is 1. The fourth-order valence-electron chi connectivity index (χ4n) is 5.29. The number of hydrogen-bond acceptors (Lipinski definition) is 7. The van der Waals surface area contributed by atoms with Crippen LogP contribution >= 0.6 is 0 Å². The lowest BCUT2D eigenvalue weighted by atomic mass is 10.1. The minimum absolute atomic E-state index is 0.0561. The van der Waals surface area contributed by atoms with Crippen LogP contribution in [0.15, 0.2) is 41.3 Å². The standard InChI is InChI=1S/C29H36N4O6S/c1-2-3-13-33-26-10-9-24(40(36,37)32-14-16-38-17-15-32)19-25(26)31-27(33)11-12-29(35)39-20-28(34)30-23-8-7-21-5-4-6-22(21)18-23/h7-10,18-19H,2-6,11-17,20H2,1H3,(H,30,34). The number of carbonyl (C=O) groups is 2. The molecule has 2 heterocycles. The largest absolute Gasteiger partial charge is 0.456 e. The van der Waals surface area contributed by atoms with E-state index >= 15 is 0 Å². The molecule has 2 aliphatic rings. The summed E-state index contributed by atoms with van der Waals surface area (Å²) in [6.45, 7) is 3.85. The molecule has 0 radical (unpaired) electrons. The molecule has 1 aliphatic heterocycles.